The molecule has 0 saturated heterocycles. The van der Waals surface area contributed by atoms with Crippen LogP contribution >= 0.6 is 0 Å². The number of carbonyl (C=O) groups excluding carboxylic acids is 1. The van der Waals surface area contributed by atoms with Gasteiger partial charge in [-0.25, -0.2) is 8.78 Å². The number of rotatable bonds is 6. The van der Waals surface area contributed by atoms with Crippen LogP contribution < -0.4 is 5.32 Å². The van der Waals surface area contributed by atoms with Gasteiger partial charge in [0.25, 0.3) is 0 Å². The van der Waals surface area contributed by atoms with Gasteiger partial charge in [-0.3, -0.25) is 9.59 Å². The van der Waals surface area contributed by atoms with Crippen LogP contribution in [0.15, 0.2) is 0 Å². The molecule has 1 aliphatic rings. The first-order chi connectivity index (χ1) is 7.35. The van der Waals surface area contributed by atoms with Crippen LogP contribution in [0.1, 0.15) is 25.7 Å². The number of nitrogens with one attached hydrogen (secondary N) is 1. The van der Waals surface area contributed by atoms with Crippen LogP contribution in [0, 0.1) is 5.92 Å². The smallest absolute Gasteiger partial charge is 0.320 e. The van der Waals surface area contributed by atoms with Crippen LogP contribution in [0.3, 0.4) is 0 Å². The maximum absolute atomic E-state index is 12.5. The lowest BCUT2D eigenvalue weighted by atomic mass is 9.77. The normalized spacial score (nSPS) is 21.2. The highest BCUT2D eigenvalue weighted by molar-refractivity contribution is 5.83. The molecule has 0 bridgehead atoms. The lowest BCUT2D eigenvalue weighted by Gasteiger charge is -2.33. The van der Waals surface area contributed by atoms with Crippen LogP contribution in [-0.2, 0) is 9.59 Å². The maximum Gasteiger partial charge on any atom is 0.320 e. The number of hydrogen-bond acceptors (Lipinski definition) is 3. The molecule has 0 aromatic carbocycles. The second-order valence-corrected chi connectivity index (χ2v) is 4.15. The first-order valence-electron chi connectivity index (χ1n) is 5.16. The number of aliphatic carboxylic acids is 1. The molecule has 0 aromatic heterocycles. The largest absolute Gasteiger partial charge is 0.480 e. The van der Waals surface area contributed by atoms with Crippen LogP contribution in [0.4, 0.5) is 8.78 Å². The first kappa shape index (κ1) is 13.0. The number of carboxylic acid groups (broad SMARTS) is 1. The SMILES string of the molecule is CN[C@@H](CCC(=O)C1CC(F)(F)C1)C(=O)O. The van der Waals surface area contributed by atoms with E-state index in [4.69, 9.17) is 5.11 Å². The molecule has 1 rings (SSSR count). The summed E-state index contributed by atoms with van der Waals surface area (Å²) in [6.45, 7) is 0. The molecular weight excluding hydrogens is 220 g/mol. The summed E-state index contributed by atoms with van der Waals surface area (Å²) >= 11 is 0. The summed E-state index contributed by atoms with van der Waals surface area (Å²) in [5.74, 6) is -4.57. The number of hydrogen-bond donors (Lipinski definition) is 2. The van der Waals surface area contributed by atoms with E-state index < -0.39 is 23.9 Å². The molecule has 0 aliphatic heterocycles. The third-order valence-corrected chi connectivity index (χ3v) is 2.87. The Morgan fingerprint density at radius 2 is 2.06 bits per heavy atom. The molecule has 1 saturated carbocycles. The Morgan fingerprint density at radius 3 is 2.44 bits per heavy atom. The number of carbonyl (C=O) groups is 2. The molecule has 0 unspecified atom stereocenters. The molecule has 92 valence electrons. The van der Waals surface area contributed by atoms with E-state index in [9.17, 15) is 18.4 Å². The van der Waals surface area contributed by atoms with E-state index in [-0.39, 0.29) is 31.5 Å². The molecule has 6 heteroatoms. The number of halogens is 2. The predicted molar refractivity (Wildman–Crippen MR) is 52.4 cm³/mol. The summed E-state index contributed by atoms with van der Waals surface area (Å²) in [5, 5.41) is 11.2. The zero-order valence-electron chi connectivity index (χ0n) is 9.00. The van der Waals surface area contributed by atoms with Gasteiger partial charge in [0.2, 0.25) is 5.92 Å². The summed E-state index contributed by atoms with van der Waals surface area (Å²) in [7, 11) is 1.49. The standard InChI is InChI=1S/C10H15F2NO3/c1-13-7(9(15)16)2-3-8(14)6-4-10(11,12)5-6/h6-7,13H,2-5H2,1H3,(H,15,16)/t7-/m0/s1. The molecule has 2 N–H and O–H groups in total. The van der Waals surface area contributed by atoms with Crippen molar-refractivity contribution in [3.8, 4) is 0 Å². The highest BCUT2D eigenvalue weighted by atomic mass is 19.3. The monoisotopic (exact) mass is 235 g/mol. The molecule has 1 fully saturated rings. The van der Waals surface area contributed by atoms with Crippen molar-refractivity contribution in [2.24, 2.45) is 5.92 Å². The highest BCUT2D eigenvalue weighted by Gasteiger charge is 2.48. The van der Waals surface area contributed by atoms with Gasteiger partial charge in [0.15, 0.2) is 0 Å². The van der Waals surface area contributed by atoms with Crippen molar-refractivity contribution in [1.29, 1.82) is 0 Å². The molecule has 0 amide bonds. The van der Waals surface area contributed by atoms with E-state index in [0.717, 1.165) is 0 Å². The number of ketones is 1. The number of Topliss-reactive ketones (excluding diaryl/α,β-unsaturated/α-hetero) is 1. The van der Waals surface area contributed by atoms with Crippen LogP contribution in [0.2, 0.25) is 0 Å². The second kappa shape index (κ2) is 4.86. The van der Waals surface area contributed by atoms with Crippen molar-refractivity contribution >= 4 is 11.8 Å². The Morgan fingerprint density at radius 1 is 1.50 bits per heavy atom. The van der Waals surface area contributed by atoms with E-state index in [0.29, 0.717) is 0 Å². The van der Waals surface area contributed by atoms with Crippen molar-refractivity contribution in [3.63, 3.8) is 0 Å². The molecule has 1 atom stereocenters. The quantitative estimate of drug-likeness (QED) is 0.722. The predicted octanol–water partition coefficient (Wildman–Crippen LogP) is 1.05. The summed E-state index contributed by atoms with van der Waals surface area (Å²) in [4.78, 5) is 22.0. The van der Waals surface area contributed by atoms with Gasteiger partial charge in [0.1, 0.15) is 11.8 Å². The van der Waals surface area contributed by atoms with Gasteiger partial charge in [0, 0.05) is 25.2 Å². The molecule has 0 aromatic rings. The van der Waals surface area contributed by atoms with E-state index in [1.165, 1.54) is 7.05 Å². The minimum Gasteiger partial charge on any atom is -0.480 e. The maximum atomic E-state index is 12.5. The molecule has 16 heavy (non-hydrogen) atoms. The summed E-state index contributed by atoms with van der Waals surface area (Å²) < 4.78 is 25.0. The van der Waals surface area contributed by atoms with Crippen LogP contribution in [0.25, 0.3) is 0 Å². The Labute approximate surface area is 92.0 Å². The molecule has 0 spiro atoms. The Balaban J connectivity index is 2.28. The van der Waals surface area contributed by atoms with Gasteiger partial charge in [-0.2, -0.15) is 0 Å². The van der Waals surface area contributed by atoms with E-state index in [2.05, 4.69) is 5.32 Å². The highest BCUT2D eigenvalue weighted by Crippen LogP contribution is 2.43. The Bertz CT molecular complexity index is 286. The number of carboxylic acids is 1. The molecule has 0 heterocycles. The minimum absolute atomic E-state index is 0.0402. The van der Waals surface area contributed by atoms with Gasteiger partial charge in [0.05, 0.1) is 0 Å². The summed E-state index contributed by atoms with van der Waals surface area (Å²) in [6, 6.07) is -0.787. The molecule has 0 radical (unpaired) electrons. The topological polar surface area (TPSA) is 66.4 Å². The fourth-order valence-electron chi connectivity index (χ4n) is 1.77. The fraction of sp³-hybridized carbons (Fsp3) is 0.800. The average Bonchev–Trinajstić information content (AvgIpc) is 2.14. The number of likely N-dealkylation sites (N-methyl/N-ethyl adjacent to an activating group) is 1. The molecular formula is C10H15F2NO3. The summed E-state index contributed by atoms with van der Waals surface area (Å²) in [5.41, 5.74) is 0. The Kier molecular flexibility index (Phi) is 3.96. The minimum atomic E-state index is -2.70. The van der Waals surface area contributed by atoms with Crippen molar-refractivity contribution in [3.05, 3.63) is 0 Å². The van der Waals surface area contributed by atoms with Gasteiger partial charge < -0.3 is 10.4 Å². The lowest BCUT2D eigenvalue weighted by Crippen LogP contribution is -2.41. The van der Waals surface area contributed by atoms with Crippen molar-refractivity contribution in [1.82, 2.24) is 5.32 Å². The zero-order valence-corrected chi connectivity index (χ0v) is 9.00. The van der Waals surface area contributed by atoms with Gasteiger partial charge in [-0.1, -0.05) is 0 Å². The van der Waals surface area contributed by atoms with Crippen molar-refractivity contribution in [2.45, 2.75) is 37.6 Å². The van der Waals surface area contributed by atoms with Gasteiger partial charge in [-0.05, 0) is 13.5 Å². The van der Waals surface area contributed by atoms with Gasteiger partial charge >= 0.3 is 5.97 Å². The van der Waals surface area contributed by atoms with Gasteiger partial charge in [-0.15, -0.1) is 0 Å². The van der Waals surface area contributed by atoms with E-state index >= 15 is 0 Å². The molecule has 4 nitrogen and oxygen atoms in total. The van der Waals surface area contributed by atoms with Crippen LogP contribution in [0.5, 0.6) is 0 Å². The van der Waals surface area contributed by atoms with E-state index in [1.807, 2.05) is 0 Å². The lowest BCUT2D eigenvalue weighted by molar-refractivity contribution is -0.148. The Hall–Kier alpha value is -1.04. The third kappa shape index (κ3) is 3.23. The third-order valence-electron chi connectivity index (χ3n) is 2.87. The van der Waals surface area contributed by atoms with Crippen molar-refractivity contribution < 1.29 is 23.5 Å². The number of alkyl halides is 2. The van der Waals surface area contributed by atoms with Crippen LogP contribution in [-0.4, -0.2) is 35.9 Å². The fourth-order valence-corrected chi connectivity index (χ4v) is 1.77. The zero-order chi connectivity index (χ0) is 12.3. The molecule has 1 aliphatic carbocycles. The van der Waals surface area contributed by atoms with E-state index in [1.54, 1.807) is 0 Å². The average molecular weight is 235 g/mol. The second-order valence-electron chi connectivity index (χ2n) is 4.15. The van der Waals surface area contributed by atoms with Crippen molar-refractivity contribution in [2.75, 3.05) is 7.05 Å². The first-order valence-corrected chi connectivity index (χ1v) is 5.16. The summed E-state index contributed by atoms with van der Waals surface area (Å²) in [6.07, 6.45) is -0.586.